The maximum absolute atomic E-state index is 12.3. The smallest absolute Gasteiger partial charge is 0.273 e. The standard InChI is InChI=1S/C14H14N2O4S/c1-10-6-8-12(9-7-10)21(19,20)15-13-5-3-4-11(2)14(13)16(17)18/h3-9,15H,1-2H3. The van der Waals surface area contributed by atoms with Crippen LogP contribution >= 0.6 is 0 Å². The van der Waals surface area contributed by atoms with Crippen LogP contribution in [0.15, 0.2) is 47.4 Å². The molecule has 0 aliphatic heterocycles. The second-order valence-electron chi connectivity index (χ2n) is 4.65. The number of rotatable bonds is 4. The molecule has 0 aromatic heterocycles. The van der Waals surface area contributed by atoms with Gasteiger partial charge in [0, 0.05) is 5.56 Å². The fourth-order valence-corrected chi connectivity index (χ4v) is 2.97. The molecule has 0 saturated heterocycles. The van der Waals surface area contributed by atoms with Gasteiger partial charge < -0.3 is 0 Å². The third-order valence-corrected chi connectivity index (χ3v) is 4.38. The van der Waals surface area contributed by atoms with Crippen LogP contribution in [0, 0.1) is 24.0 Å². The molecule has 0 bridgehead atoms. The molecule has 2 aromatic rings. The number of hydrogen-bond donors (Lipinski definition) is 1. The predicted octanol–water partition coefficient (Wildman–Crippen LogP) is 3.01. The third-order valence-electron chi connectivity index (χ3n) is 3.00. The van der Waals surface area contributed by atoms with E-state index in [1.807, 2.05) is 6.92 Å². The number of hydrogen-bond acceptors (Lipinski definition) is 4. The quantitative estimate of drug-likeness (QED) is 0.694. The van der Waals surface area contributed by atoms with Gasteiger partial charge in [-0.05, 0) is 32.0 Å². The fourth-order valence-electron chi connectivity index (χ4n) is 1.90. The minimum absolute atomic E-state index is 0.0411. The van der Waals surface area contributed by atoms with E-state index in [9.17, 15) is 18.5 Å². The van der Waals surface area contributed by atoms with Crippen LogP contribution in [0.4, 0.5) is 11.4 Å². The van der Waals surface area contributed by atoms with Gasteiger partial charge in [-0.3, -0.25) is 14.8 Å². The molecular weight excluding hydrogens is 292 g/mol. The Morgan fingerprint density at radius 2 is 1.67 bits per heavy atom. The Labute approximate surface area is 122 Å². The molecule has 1 N–H and O–H groups in total. The lowest BCUT2D eigenvalue weighted by molar-refractivity contribution is -0.384. The molecule has 7 heteroatoms. The number of para-hydroxylation sites is 1. The largest absolute Gasteiger partial charge is 0.296 e. The highest BCUT2D eigenvalue weighted by atomic mass is 32.2. The molecular formula is C14H14N2O4S. The summed E-state index contributed by atoms with van der Waals surface area (Å²) in [4.78, 5) is 10.5. The van der Waals surface area contributed by atoms with E-state index in [0.717, 1.165) is 5.56 Å². The Hall–Kier alpha value is -2.41. The van der Waals surface area contributed by atoms with Gasteiger partial charge in [0.1, 0.15) is 5.69 Å². The number of nitrogens with zero attached hydrogens (tertiary/aromatic N) is 1. The molecule has 0 radical (unpaired) electrons. The normalized spacial score (nSPS) is 11.1. The van der Waals surface area contributed by atoms with E-state index in [2.05, 4.69) is 4.72 Å². The van der Waals surface area contributed by atoms with Gasteiger partial charge in [-0.1, -0.05) is 29.8 Å². The van der Waals surface area contributed by atoms with E-state index >= 15 is 0 Å². The van der Waals surface area contributed by atoms with E-state index in [1.165, 1.54) is 18.2 Å². The summed E-state index contributed by atoms with van der Waals surface area (Å²) in [6, 6.07) is 10.7. The zero-order valence-corrected chi connectivity index (χ0v) is 12.3. The van der Waals surface area contributed by atoms with Crippen molar-refractivity contribution < 1.29 is 13.3 Å². The van der Waals surface area contributed by atoms with Crippen molar-refractivity contribution in [1.29, 1.82) is 0 Å². The first-order valence-corrected chi connectivity index (χ1v) is 7.63. The van der Waals surface area contributed by atoms with Gasteiger partial charge in [-0.25, -0.2) is 8.42 Å². The van der Waals surface area contributed by atoms with E-state index in [0.29, 0.717) is 5.56 Å². The van der Waals surface area contributed by atoms with Crippen LogP contribution in [0.3, 0.4) is 0 Å². The van der Waals surface area contributed by atoms with Crippen molar-refractivity contribution in [1.82, 2.24) is 0 Å². The first kappa shape index (κ1) is 15.0. The van der Waals surface area contributed by atoms with Crippen molar-refractivity contribution in [2.45, 2.75) is 18.7 Å². The van der Waals surface area contributed by atoms with Crippen molar-refractivity contribution in [2.24, 2.45) is 0 Å². The SMILES string of the molecule is Cc1ccc(S(=O)(=O)Nc2cccc(C)c2[N+](=O)[O-])cc1. The number of nitrogens with one attached hydrogen (secondary N) is 1. The third kappa shape index (κ3) is 3.19. The van der Waals surface area contributed by atoms with Crippen molar-refractivity contribution >= 4 is 21.4 Å². The Kier molecular flexibility index (Phi) is 3.95. The van der Waals surface area contributed by atoms with Crippen LogP contribution < -0.4 is 4.72 Å². The Morgan fingerprint density at radius 1 is 1.05 bits per heavy atom. The first-order chi connectivity index (χ1) is 9.81. The highest BCUT2D eigenvalue weighted by molar-refractivity contribution is 7.92. The molecule has 0 amide bonds. The van der Waals surface area contributed by atoms with Crippen LogP contribution in [-0.2, 0) is 10.0 Å². The summed E-state index contributed by atoms with van der Waals surface area (Å²) in [6.45, 7) is 3.40. The number of sulfonamides is 1. The Balaban J connectivity index is 2.44. The van der Waals surface area contributed by atoms with E-state index in [-0.39, 0.29) is 16.3 Å². The maximum atomic E-state index is 12.3. The van der Waals surface area contributed by atoms with Crippen LogP contribution in [0.25, 0.3) is 0 Å². The molecule has 0 aliphatic carbocycles. The van der Waals surface area contributed by atoms with Gasteiger partial charge in [0.05, 0.1) is 9.82 Å². The molecule has 0 aliphatic rings. The monoisotopic (exact) mass is 306 g/mol. The zero-order valence-electron chi connectivity index (χ0n) is 11.5. The van der Waals surface area contributed by atoms with Gasteiger partial charge in [0.2, 0.25) is 0 Å². The Morgan fingerprint density at radius 3 is 2.24 bits per heavy atom. The second-order valence-corrected chi connectivity index (χ2v) is 6.33. The zero-order chi connectivity index (χ0) is 15.6. The van der Waals surface area contributed by atoms with E-state index in [4.69, 9.17) is 0 Å². The van der Waals surface area contributed by atoms with Crippen molar-refractivity contribution in [3.8, 4) is 0 Å². The molecule has 21 heavy (non-hydrogen) atoms. The summed E-state index contributed by atoms with van der Waals surface area (Å²) in [5.41, 5.74) is 1.04. The number of benzene rings is 2. The second kappa shape index (κ2) is 5.53. The summed E-state index contributed by atoms with van der Waals surface area (Å²) in [7, 11) is -3.86. The highest BCUT2D eigenvalue weighted by Crippen LogP contribution is 2.29. The number of aryl methyl sites for hydroxylation is 2. The van der Waals surface area contributed by atoms with Crippen LogP contribution in [0.2, 0.25) is 0 Å². The topological polar surface area (TPSA) is 89.3 Å². The van der Waals surface area contributed by atoms with Gasteiger partial charge in [0.25, 0.3) is 15.7 Å². The minimum atomic E-state index is -3.86. The summed E-state index contributed by atoms with van der Waals surface area (Å²) in [6.07, 6.45) is 0. The van der Waals surface area contributed by atoms with Crippen molar-refractivity contribution in [3.05, 3.63) is 63.7 Å². The average molecular weight is 306 g/mol. The molecule has 2 aromatic carbocycles. The average Bonchev–Trinajstić information content (AvgIpc) is 2.38. The summed E-state index contributed by atoms with van der Waals surface area (Å²) in [5.74, 6) is 0. The van der Waals surface area contributed by atoms with Crippen LogP contribution in [0.5, 0.6) is 0 Å². The maximum Gasteiger partial charge on any atom is 0.296 e. The summed E-state index contributed by atoms with van der Waals surface area (Å²) < 4.78 is 26.8. The molecule has 2 rings (SSSR count). The minimum Gasteiger partial charge on any atom is -0.273 e. The number of anilines is 1. The Bertz CT molecular complexity index is 783. The van der Waals surface area contributed by atoms with Crippen molar-refractivity contribution in [2.75, 3.05) is 4.72 Å². The van der Waals surface area contributed by atoms with Crippen LogP contribution in [0.1, 0.15) is 11.1 Å². The molecule has 0 heterocycles. The van der Waals surface area contributed by atoms with E-state index in [1.54, 1.807) is 31.2 Å². The predicted molar refractivity (Wildman–Crippen MR) is 79.8 cm³/mol. The van der Waals surface area contributed by atoms with Gasteiger partial charge in [0.15, 0.2) is 0 Å². The molecule has 110 valence electrons. The lowest BCUT2D eigenvalue weighted by Crippen LogP contribution is -2.14. The van der Waals surface area contributed by atoms with Gasteiger partial charge in [-0.15, -0.1) is 0 Å². The van der Waals surface area contributed by atoms with E-state index < -0.39 is 14.9 Å². The summed E-state index contributed by atoms with van der Waals surface area (Å²) >= 11 is 0. The fraction of sp³-hybridized carbons (Fsp3) is 0.143. The van der Waals surface area contributed by atoms with Gasteiger partial charge >= 0.3 is 0 Å². The number of nitro groups is 1. The molecule has 0 atom stereocenters. The molecule has 0 spiro atoms. The molecule has 6 nitrogen and oxygen atoms in total. The highest BCUT2D eigenvalue weighted by Gasteiger charge is 2.22. The van der Waals surface area contributed by atoms with Crippen molar-refractivity contribution in [3.63, 3.8) is 0 Å². The molecule has 0 unspecified atom stereocenters. The first-order valence-electron chi connectivity index (χ1n) is 6.15. The van der Waals surface area contributed by atoms with Gasteiger partial charge in [-0.2, -0.15) is 0 Å². The lowest BCUT2D eigenvalue weighted by Gasteiger charge is -2.09. The van der Waals surface area contributed by atoms with Crippen LogP contribution in [-0.4, -0.2) is 13.3 Å². The summed E-state index contributed by atoms with van der Waals surface area (Å²) in [5, 5.41) is 11.1. The number of nitro benzene ring substituents is 1. The molecule has 0 saturated carbocycles. The molecule has 0 fully saturated rings. The lowest BCUT2D eigenvalue weighted by atomic mass is 10.2.